The SMILES string of the molecule is CCOc1ccccc1NC(=O)CSc1cccc(NC(=O)/C(=C\c2c(F)cccc2Cl)NC(=O)c2ccccc2)c1. The average molecular weight is 604 g/mol. The number of thioether (sulfide) groups is 1. The standard InChI is InChI=1S/C32H27ClFN3O4S/c1-2-41-29-17-7-6-16-27(29)36-30(38)20-42-23-13-8-12-22(18-23)35-32(40)28(19-24-25(33)14-9-15-26(24)34)37-31(39)21-10-4-3-5-11-21/h3-19H,2,20H2,1H3,(H,35,40)(H,36,38)(H,37,39)/b28-19+. The van der Waals surface area contributed by atoms with Gasteiger partial charge in [-0.15, -0.1) is 11.8 Å². The molecule has 0 aromatic heterocycles. The fourth-order valence-corrected chi connectivity index (χ4v) is 4.76. The molecule has 42 heavy (non-hydrogen) atoms. The molecule has 4 aromatic carbocycles. The van der Waals surface area contributed by atoms with Crippen LogP contribution in [0.1, 0.15) is 22.8 Å². The lowest BCUT2D eigenvalue weighted by molar-refractivity contribution is -0.114. The molecule has 0 bridgehead atoms. The van der Waals surface area contributed by atoms with Crippen LogP contribution in [-0.4, -0.2) is 30.1 Å². The van der Waals surface area contributed by atoms with E-state index in [1.807, 2.05) is 19.1 Å². The topological polar surface area (TPSA) is 96.5 Å². The number of nitrogens with one attached hydrogen (secondary N) is 3. The monoisotopic (exact) mass is 603 g/mol. The van der Waals surface area contributed by atoms with Crippen molar-refractivity contribution in [1.82, 2.24) is 5.32 Å². The molecule has 4 rings (SSSR count). The molecule has 3 amide bonds. The summed E-state index contributed by atoms with van der Waals surface area (Å²) in [6, 6.07) is 26.5. The van der Waals surface area contributed by atoms with Crippen LogP contribution in [0.15, 0.2) is 108 Å². The summed E-state index contributed by atoms with van der Waals surface area (Å²) in [5.74, 6) is -1.42. The summed E-state index contributed by atoms with van der Waals surface area (Å²) in [6.45, 7) is 2.34. The van der Waals surface area contributed by atoms with Gasteiger partial charge in [-0.25, -0.2) is 4.39 Å². The van der Waals surface area contributed by atoms with Crippen LogP contribution in [0.25, 0.3) is 6.08 Å². The van der Waals surface area contributed by atoms with Gasteiger partial charge in [0.25, 0.3) is 11.8 Å². The van der Waals surface area contributed by atoms with Crippen molar-refractivity contribution in [2.24, 2.45) is 0 Å². The van der Waals surface area contributed by atoms with Gasteiger partial charge in [-0.05, 0) is 67.6 Å². The molecule has 0 fully saturated rings. The number of carbonyl (C=O) groups is 3. The van der Waals surface area contributed by atoms with Gasteiger partial charge in [-0.1, -0.05) is 54.1 Å². The lowest BCUT2D eigenvalue weighted by Crippen LogP contribution is -2.30. The van der Waals surface area contributed by atoms with E-state index in [9.17, 15) is 18.8 Å². The Bertz CT molecular complexity index is 1590. The first-order valence-electron chi connectivity index (χ1n) is 12.9. The highest BCUT2D eigenvalue weighted by molar-refractivity contribution is 8.00. The van der Waals surface area contributed by atoms with Crippen molar-refractivity contribution in [3.05, 3.63) is 125 Å². The van der Waals surface area contributed by atoms with Crippen LogP contribution in [0.5, 0.6) is 5.75 Å². The Labute approximate surface area is 252 Å². The van der Waals surface area contributed by atoms with E-state index < -0.39 is 17.6 Å². The van der Waals surface area contributed by atoms with Crippen LogP contribution in [0.3, 0.4) is 0 Å². The first-order chi connectivity index (χ1) is 20.3. The molecule has 4 aromatic rings. The number of para-hydroxylation sites is 2. The summed E-state index contributed by atoms with van der Waals surface area (Å²) in [7, 11) is 0. The third-order valence-electron chi connectivity index (χ3n) is 5.74. The third-order valence-corrected chi connectivity index (χ3v) is 7.06. The van der Waals surface area contributed by atoms with Gasteiger partial charge in [0.05, 0.1) is 23.1 Å². The predicted molar refractivity (Wildman–Crippen MR) is 165 cm³/mol. The summed E-state index contributed by atoms with van der Waals surface area (Å²) in [5, 5.41) is 8.22. The largest absolute Gasteiger partial charge is 0.492 e. The minimum absolute atomic E-state index is 0.0427. The molecule has 7 nitrogen and oxygen atoms in total. The Balaban J connectivity index is 1.47. The van der Waals surface area contributed by atoms with Crippen molar-refractivity contribution in [3.63, 3.8) is 0 Å². The average Bonchev–Trinajstić information content (AvgIpc) is 2.99. The smallest absolute Gasteiger partial charge is 0.272 e. The number of hydrogen-bond donors (Lipinski definition) is 3. The zero-order valence-electron chi connectivity index (χ0n) is 22.5. The Morgan fingerprint density at radius 1 is 0.905 bits per heavy atom. The molecule has 3 N–H and O–H groups in total. The minimum Gasteiger partial charge on any atom is -0.492 e. The second kappa shape index (κ2) is 14.9. The van der Waals surface area contributed by atoms with Crippen LogP contribution in [-0.2, 0) is 9.59 Å². The van der Waals surface area contributed by atoms with Gasteiger partial charge in [-0.3, -0.25) is 14.4 Å². The molecule has 0 aliphatic carbocycles. The second-order valence-electron chi connectivity index (χ2n) is 8.76. The van der Waals surface area contributed by atoms with Crippen molar-refractivity contribution >= 4 is 58.5 Å². The maximum absolute atomic E-state index is 14.5. The van der Waals surface area contributed by atoms with E-state index in [0.717, 1.165) is 4.90 Å². The Kier molecular flexibility index (Phi) is 10.7. The molecule has 0 saturated carbocycles. The van der Waals surface area contributed by atoms with Crippen LogP contribution in [0.4, 0.5) is 15.8 Å². The molecule has 214 valence electrons. The van der Waals surface area contributed by atoms with Gasteiger partial charge in [0, 0.05) is 21.7 Å². The number of carbonyl (C=O) groups excluding carboxylic acids is 3. The summed E-state index contributed by atoms with van der Waals surface area (Å²) < 4.78 is 20.1. The Hall–Kier alpha value is -4.60. The molecule has 0 saturated heterocycles. The number of anilines is 2. The van der Waals surface area contributed by atoms with Crippen molar-refractivity contribution in [3.8, 4) is 5.75 Å². The quantitative estimate of drug-likeness (QED) is 0.126. The predicted octanol–water partition coefficient (Wildman–Crippen LogP) is 7.02. The van der Waals surface area contributed by atoms with Crippen molar-refractivity contribution in [2.75, 3.05) is 23.0 Å². The Morgan fingerprint density at radius 3 is 2.40 bits per heavy atom. The summed E-state index contributed by atoms with van der Waals surface area (Å²) in [4.78, 5) is 39.5. The minimum atomic E-state index is -0.689. The van der Waals surface area contributed by atoms with Gasteiger partial charge in [0.2, 0.25) is 5.91 Å². The highest BCUT2D eigenvalue weighted by Gasteiger charge is 2.17. The maximum Gasteiger partial charge on any atom is 0.272 e. The van der Waals surface area contributed by atoms with Gasteiger partial charge in [0.15, 0.2) is 0 Å². The molecule has 0 atom stereocenters. The molecule has 0 unspecified atom stereocenters. The number of hydrogen-bond acceptors (Lipinski definition) is 5. The van der Waals surface area contributed by atoms with E-state index in [1.165, 1.54) is 36.0 Å². The Morgan fingerprint density at radius 2 is 1.64 bits per heavy atom. The number of ether oxygens (including phenoxy) is 1. The lowest BCUT2D eigenvalue weighted by atomic mass is 10.1. The van der Waals surface area contributed by atoms with Crippen LogP contribution < -0.4 is 20.7 Å². The van der Waals surface area contributed by atoms with Gasteiger partial charge >= 0.3 is 0 Å². The highest BCUT2D eigenvalue weighted by Crippen LogP contribution is 2.26. The molecule has 10 heteroatoms. The molecule has 0 aliphatic heterocycles. The van der Waals surface area contributed by atoms with Gasteiger partial charge < -0.3 is 20.7 Å². The number of benzene rings is 4. The zero-order valence-corrected chi connectivity index (χ0v) is 24.1. The molecule has 0 heterocycles. The first kappa shape index (κ1) is 30.4. The van der Waals surface area contributed by atoms with Gasteiger partial charge in [-0.2, -0.15) is 0 Å². The van der Waals surface area contributed by atoms with Crippen LogP contribution in [0, 0.1) is 5.82 Å². The highest BCUT2D eigenvalue weighted by atomic mass is 35.5. The normalized spacial score (nSPS) is 11.0. The van der Waals surface area contributed by atoms with Crippen LogP contribution >= 0.6 is 23.4 Å². The molecular weight excluding hydrogens is 577 g/mol. The van der Waals surface area contributed by atoms with E-state index in [0.29, 0.717) is 29.3 Å². The zero-order chi connectivity index (χ0) is 29.9. The van der Waals surface area contributed by atoms with E-state index >= 15 is 0 Å². The summed E-state index contributed by atoms with van der Waals surface area (Å²) in [6.07, 6.45) is 1.19. The number of amides is 3. The van der Waals surface area contributed by atoms with E-state index in [1.54, 1.807) is 66.7 Å². The lowest BCUT2D eigenvalue weighted by Gasteiger charge is -2.13. The number of rotatable bonds is 11. The van der Waals surface area contributed by atoms with Gasteiger partial charge in [0.1, 0.15) is 17.3 Å². The molecule has 0 spiro atoms. The molecular formula is C32H27ClFN3O4S. The maximum atomic E-state index is 14.5. The summed E-state index contributed by atoms with van der Waals surface area (Å²) in [5.41, 5.74) is 1.06. The fraction of sp³-hybridized carbons (Fsp3) is 0.0938. The first-order valence-corrected chi connectivity index (χ1v) is 14.3. The van der Waals surface area contributed by atoms with Crippen molar-refractivity contribution < 1.29 is 23.5 Å². The summed E-state index contributed by atoms with van der Waals surface area (Å²) >= 11 is 7.45. The number of halogens is 2. The van der Waals surface area contributed by atoms with E-state index in [-0.39, 0.29) is 27.9 Å². The molecule has 0 aliphatic rings. The van der Waals surface area contributed by atoms with E-state index in [4.69, 9.17) is 16.3 Å². The second-order valence-corrected chi connectivity index (χ2v) is 10.2. The molecule has 0 radical (unpaired) electrons. The van der Waals surface area contributed by atoms with Crippen LogP contribution in [0.2, 0.25) is 5.02 Å². The van der Waals surface area contributed by atoms with Crippen molar-refractivity contribution in [2.45, 2.75) is 11.8 Å². The third kappa shape index (κ3) is 8.45. The van der Waals surface area contributed by atoms with Crippen molar-refractivity contribution in [1.29, 1.82) is 0 Å². The fourth-order valence-electron chi connectivity index (χ4n) is 3.78. The van der Waals surface area contributed by atoms with E-state index in [2.05, 4.69) is 16.0 Å².